The molecule has 0 unspecified atom stereocenters. The number of anilines is 1. The van der Waals surface area contributed by atoms with Crippen molar-refractivity contribution in [3.05, 3.63) is 24.2 Å². The van der Waals surface area contributed by atoms with E-state index in [1.54, 1.807) is 0 Å². The molecule has 1 N–H and O–H groups in total. The molecule has 5 nitrogen and oxygen atoms in total. The SMILES string of the molecule is CCCn1cc(-c2nc(CC(C)C)cc(NCC)n2)cn1. The zero-order valence-corrected chi connectivity index (χ0v) is 13.4. The van der Waals surface area contributed by atoms with E-state index in [0.29, 0.717) is 5.92 Å². The Kier molecular flexibility index (Phi) is 5.31. The molecule has 0 bridgehead atoms. The maximum Gasteiger partial charge on any atom is 0.164 e. The highest BCUT2D eigenvalue weighted by Gasteiger charge is 2.10. The van der Waals surface area contributed by atoms with Crippen molar-refractivity contribution in [2.45, 2.75) is 47.1 Å². The van der Waals surface area contributed by atoms with Crippen molar-refractivity contribution in [3.63, 3.8) is 0 Å². The molecule has 0 atom stereocenters. The zero-order valence-electron chi connectivity index (χ0n) is 13.4. The normalized spacial score (nSPS) is 11.1. The van der Waals surface area contributed by atoms with E-state index >= 15 is 0 Å². The molecule has 0 saturated heterocycles. The molecule has 2 heterocycles. The van der Waals surface area contributed by atoms with Gasteiger partial charge in [-0.25, -0.2) is 9.97 Å². The highest BCUT2D eigenvalue weighted by molar-refractivity contribution is 5.55. The molecule has 21 heavy (non-hydrogen) atoms. The van der Waals surface area contributed by atoms with Crippen molar-refractivity contribution in [1.29, 1.82) is 0 Å². The van der Waals surface area contributed by atoms with E-state index in [1.807, 2.05) is 23.1 Å². The van der Waals surface area contributed by atoms with Gasteiger partial charge in [0, 0.05) is 31.0 Å². The molecule has 2 rings (SSSR count). The second kappa shape index (κ2) is 7.20. The summed E-state index contributed by atoms with van der Waals surface area (Å²) >= 11 is 0. The van der Waals surface area contributed by atoms with Crippen LogP contribution in [0.5, 0.6) is 0 Å². The summed E-state index contributed by atoms with van der Waals surface area (Å²) in [6, 6.07) is 2.05. The monoisotopic (exact) mass is 287 g/mol. The van der Waals surface area contributed by atoms with Gasteiger partial charge in [0.15, 0.2) is 5.82 Å². The first kappa shape index (κ1) is 15.5. The summed E-state index contributed by atoms with van der Waals surface area (Å²) in [6.45, 7) is 10.4. The van der Waals surface area contributed by atoms with Crippen LogP contribution in [-0.2, 0) is 13.0 Å². The van der Waals surface area contributed by atoms with Crippen molar-refractivity contribution < 1.29 is 0 Å². The van der Waals surface area contributed by atoms with Crippen LogP contribution in [0.3, 0.4) is 0 Å². The van der Waals surface area contributed by atoms with Crippen molar-refractivity contribution in [2.75, 3.05) is 11.9 Å². The zero-order chi connectivity index (χ0) is 15.2. The van der Waals surface area contributed by atoms with Gasteiger partial charge < -0.3 is 5.32 Å². The van der Waals surface area contributed by atoms with E-state index in [0.717, 1.165) is 48.8 Å². The van der Waals surface area contributed by atoms with Crippen molar-refractivity contribution >= 4 is 5.82 Å². The summed E-state index contributed by atoms with van der Waals surface area (Å²) in [5.41, 5.74) is 2.06. The second-order valence-electron chi connectivity index (χ2n) is 5.69. The second-order valence-corrected chi connectivity index (χ2v) is 5.69. The number of rotatable bonds is 7. The Balaban J connectivity index is 2.33. The van der Waals surface area contributed by atoms with Crippen LogP contribution in [0.25, 0.3) is 11.4 Å². The molecular weight excluding hydrogens is 262 g/mol. The minimum atomic E-state index is 0.574. The van der Waals surface area contributed by atoms with Gasteiger partial charge in [-0.15, -0.1) is 0 Å². The first-order valence-corrected chi connectivity index (χ1v) is 7.77. The van der Waals surface area contributed by atoms with E-state index < -0.39 is 0 Å². The van der Waals surface area contributed by atoms with Gasteiger partial charge in [-0.1, -0.05) is 20.8 Å². The Hall–Kier alpha value is -1.91. The molecule has 114 valence electrons. The average Bonchev–Trinajstić information content (AvgIpc) is 2.87. The van der Waals surface area contributed by atoms with Crippen LogP contribution in [0.2, 0.25) is 0 Å². The summed E-state index contributed by atoms with van der Waals surface area (Å²) < 4.78 is 1.95. The van der Waals surface area contributed by atoms with Gasteiger partial charge in [0.2, 0.25) is 0 Å². The van der Waals surface area contributed by atoms with Gasteiger partial charge in [0.1, 0.15) is 5.82 Å². The number of nitrogens with zero attached hydrogens (tertiary/aromatic N) is 4. The molecule has 0 saturated carbocycles. The third-order valence-electron chi connectivity index (χ3n) is 3.10. The van der Waals surface area contributed by atoms with E-state index in [-0.39, 0.29) is 0 Å². The van der Waals surface area contributed by atoms with E-state index in [9.17, 15) is 0 Å². The molecule has 0 aliphatic heterocycles. The van der Waals surface area contributed by atoms with E-state index in [2.05, 4.69) is 43.1 Å². The van der Waals surface area contributed by atoms with Gasteiger partial charge in [0.25, 0.3) is 0 Å². The molecule has 0 spiro atoms. The van der Waals surface area contributed by atoms with Crippen LogP contribution in [-0.4, -0.2) is 26.3 Å². The van der Waals surface area contributed by atoms with Gasteiger partial charge in [-0.2, -0.15) is 5.10 Å². The minimum absolute atomic E-state index is 0.574. The highest BCUT2D eigenvalue weighted by Crippen LogP contribution is 2.19. The number of hydrogen-bond donors (Lipinski definition) is 1. The maximum atomic E-state index is 4.70. The van der Waals surface area contributed by atoms with Gasteiger partial charge in [-0.05, 0) is 25.7 Å². The molecule has 0 amide bonds. The molecular formula is C16H25N5. The molecule has 0 aliphatic carbocycles. The van der Waals surface area contributed by atoms with Crippen molar-refractivity contribution in [1.82, 2.24) is 19.7 Å². The van der Waals surface area contributed by atoms with Crippen molar-refractivity contribution in [2.24, 2.45) is 5.92 Å². The van der Waals surface area contributed by atoms with Gasteiger partial charge in [-0.3, -0.25) is 4.68 Å². The van der Waals surface area contributed by atoms with Crippen molar-refractivity contribution in [3.8, 4) is 11.4 Å². The van der Waals surface area contributed by atoms with Gasteiger partial charge in [0.05, 0.1) is 11.8 Å². The summed E-state index contributed by atoms with van der Waals surface area (Å²) in [5, 5.41) is 7.65. The van der Waals surface area contributed by atoms with Crippen LogP contribution in [0.15, 0.2) is 18.5 Å². The van der Waals surface area contributed by atoms with Crippen LogP contribution >= 0.6 is 0 Å². The first-order valence-electron chi connectivity index (χ1n) is 7.77. The molecule has 5 heteroatoms. The highest BCUT2D eigenvalue weighted by atomic mass is 15.3. The lowest BCUT2D eigenvalue weighted by molar-refractivity contribution is 0.603. The number of hydrogen-bond acceptors (Lipinski definition) is 4. The fourth-order valence-electron chi connectivity index (χ4n) is 2.25. The predicted octanol–water partition coefficient (Wildman–Crippen LogP) is 3.38. The molecule has 0 fully saturated rings. The Morgan fingerprint density at radius 2 is 2.05 bits per heavy atom. The lowest BCUT2D eigenvalue weighted by Crippen LogP contribution is -2.05. The summed E-state index contributed by atoms with van der Waals surface area (Å²) in [5.74, 6) is 2.22. The Morgan fingerprint density at radius 3 is 2.71 bits per heavy atom. The lowest BCUT2D eigenvalue weighted by Gasteiger charge is -2.09. The van der Waals surface area contributed by atoms with Gasteiger partial charge >= 0.3 is 0 Å². The molecule has 2 aromatic heterocycles. The van der Waals surface area contributed by atoms with E-state index in [4.69, 9.17) is 4.98 Å². The average molecular weight is 287 g/mol. The minimum Gasteiger partial charge on any atom is -0.370 e. The topological polar surface area (TPSA) is 55.6 Å². The number of aryl methyl sites for hydroxylation is 1. The number of nitrogens with one attached hydrogen (secondary N) is 1. The van der Waals surface area contributed by atoms with Crippen LogP contribution in [0.1, 0.15) is 39.8 Å². The molecule has 0 radical (unpaired) electrons. The molecule has 0 aromatic carbocycles. The fourth-order valence-corrected chi connectivity index (χ4v) is 2.25. The summed E-state index contributed by atoms with van der Waals surface area (Å²) in [6.07, 6.45) is 5.89. The summed E-state index contributed by atoms with van der Waals surface area (Å²) in [7, 11) is 0. The maximum absolute atomic E-state index is 4.70. The summed E-state index contributed by atoms with van der Waals surface area (Å²) in [4.78, 5) is 9.29. The predicted molar refractivity (Wildman–Crippen MR) is 86.2 cm³/mol. The fraction of sp³-hybridized carbons (Fsp3) is 0.562. The Labute approximate surface area is 126 Å². The van der Waals surface area contributed by atoms with Crippen LogP contribution in [0.4, 0.5) is 5.82 Å². The van der Waals surface area contributed by atoms with Crippen LogP contribution < -0.4 is 5.32 Å². The van der Waals surface area contributed by atoms with Crippen LogP contribution in [0, 0.1) is 5.92 Å². The molecule has 0 aliphatic rings. The first-order chi connectivity index (χ1) is 10.1. The quantitative estimate of drug-likeness (QED) is 0.848. The van der Waals surface area contributed by atoms with E-state index in [1.165, 1.54) is 0 Å². The molecule has 2 aromatic rings. The Bertz CT molecular complexity index is 574. The third-order valence-corrected chi connectivity index (χ3v) is 3.10. The standard InChI is InChI=1S/C16H25N5/c1-5-7-21-11-13(10-18-21)16-19-14(8-12(3)4)9-15(20-16)17-6-2/h9-12H,5-8H2,1-4H3,(H,17,19,20). The lowest BCUT2D eigenvalue weighted by atomic mass is 10.1. The number of aromatic nitrogens is 4. The largest absolute Gasteiger partial charge is 0.370 e. The smallest absolute Gasteiger partial charge is 0.164 e. The Morgan fingerprint density at radius 1 is 1.24 bits per heavy atom. The third kappa shape index (κ3) is 4.28.